The molecule has 0 fully saturated rings. The third-order valence-corrected chi connectivity index (χ3v) is 4.17. The first-order chi connectivity index (χ1) is 12.5. The predicted octanol–water partition coefficient (Wildman–Crippen LogP) is 2.88. The molecule has 9 heteroatoms. The van der Waals surface area contributed by atoms with E-state index in [1.54, 1.807) is 49.7 Å². The Kier molecular flexibility index (Phi) is 5.28. The number of ether oxygens (including phenoxy) is 1. The maximum absolute atomic E-state index is 12.2. The molecule has 8 nitrogen and oxygen atoms in total. The lowest BCUT2D eigenvalue weighted by Crippen LogP contribution is -2.15. The smallest absolute Gasteiger partial charge is 0.257 e. The third-order valence-electron chi connectivity index (χ3n) is 3.36. The number of thiazole rings is 1. The Bertz CT molecular complexity index is 917. The summed E-state index contributed by atoms with van der Waals surface area (Å²) in [5, 5.41) is 11.2. The molecule has 3 rings (SSSR count). The van der Waals surface area contributed by atoms with Gasteiger partial charge in [0, 0.05) is 17.0 Å². The van der Waals surface area contributed by atoms with Crippen LogP contribution in [0.2, 0.25) is 0 Å². The number of nitrogens with zero attached hydrogens (tertiary/aromatic N) is 2. The van der Waals surface area contributed by atoms with Gasteiger partial charge in [-0.25, -0.2) is 4.98 Å². The van der Waals surface area contributed by atoms with Crippen molar-refractivity contribution in [2.75, 3.05) is 17.7 Å². The summed E-state index contributed by atoms with van der Waals surface area (Å²) < 4.78 is 9.95. The van der Waals surface area contributed by atoms with Gasteiger partial charge < -0.3 is 14.6 Å². The van der Waals surface area contributed by atoms with Gasteiger partial charge in [-0.15, -0.1) is 11.3 Å². The van der Waals surface area contributed by atoms with E-state index in [1.807, 2.05) is 0 Å². The zero-order valence-corrected chi connectivity index (χ0v) is 14.9. The third kappa shape index (κ3) is 4.45. The molecule has 3 aromatic rings. The molecule has 0 atom stereocenters. The molecule has 0 spiro atoms. The highest BCUT2D eigenvalue weighted by molar-refractivity contribution is 7.14. The van der Waals surface area contributed by atoms with E-state index in [9.17, 15) is 9.59 Å². The number of methoxy groups -OCH3 is 1. The Morgan fingerprint density at radius 1 is 1.23 bits per heavy atom. The van der Waals surface area contributed by atoms with Gasteiger partial charge in [0.2, 0.25) is 5.91 Å². The van der Waals surface area contributed by atoms with E-state index in [4.69, 9.17) is 9.26 Å². The Morgan fingerprint density at radius 2 is 2.00 bits per heavy atom. The number of carbonyl (C=O) groups excluding carboxylic acids is 2. The average Bonchev–Trinajstić information content (AvgIpc) is 3.23. The standard InChI is InChI=1S/C17H16N4O4S/c1-10-7-14(21-25-10)19-15(22)8-12-9-26-17(18-12)20-16(23)11-3-5-13(24-2)6-4-11/h3-7,9H,8H2,1-2H3,(H,18,20,23)(H,19,21,22). The molecule has 0 unspecified atom stereocenters. The zero-order valence-electron chi connectivity index (χ0n) is 14.1. The largest absolute Gasteiger partial charge is 0.497 e. The molecule has 0 radical (unpaired) electrons. The van der Waals surface area contributed by atoms with Crippen LogP contribution in [0.4, 0.5) is 10.9 Å². The molecule has 0 aliphatic carbocycles. The summed E-state index contributed by atoms with van der Waals surface area (Å²) in [5.41, 5.74) is 1.04. The van der Waals surface area contributed by atoms with Gasteiger partial charge in [0.25, 0.3) is 5.91 Å². The van der Waals surface area contributed by atoms with Crippen LogP contribution in [0.3, 0.4) is 0 Å². The van der Waals surface area contributed by atoms with Crippen LogP contribution >= 0.6 is 11.3 Å². The lowest BCUT2D eigenvalue weighted by molar-refractivity contribution is -0.115. The van der Waals surface area contributed by atoms with Crippen molar-refractivity contribution in [3.05, 3.63) is 52.7 Å². The molecular weight excluding hydrogens is 356 g/mol. The first kappa shape index (κ1) is 17.6. The number of aromatic nitrogens is 2. The van der Waals surface area contributed by atoms with Crippen LogP contribution in [0, 0.1) is 6.92 Å². The fourth-order valence-electron chi connectivity index (χ4n) is 2.13. The normalized spacial score (nSPS) is 10.4. The molecule has 2 amide bonds. The fraction of sp³-hybridized carbons (Fsp3) is 0.176. The minimum Gasteiger partial charge on any atom is -0.497 e. The SMILES string of the molecule is COc1ccc(C(=O)Nc2nc(CC(=O)Nc3cc(C)on3)cs2)cc1. The Hall–Kier alpha value is -3.20. The molecule has 2 heterocycles. The maximum atomic E-state index is 12.2. The van der Waals surface area contributed by atoms with E-state index < -0.39 is 0 Å². The summed E-state index contributed by atoms with van der Waals surface area (Å²) in [6.07, 6.45) is 0.0703. The van der Waals surface area contributed by atoms with Crippen molar-refractivity contribution in [3.63, 3.8) is 0 Å². The van der Waals surface area contributed by atoms with Gasteiger partial charge in [0.1, 0.15) is 11.5 Å². The molecule has 0 aliphatic heterocycles. The van der Waals surface area contributed by atoms with E-state index in [-0.39, 0.29) is 18.2 Å². The van der Waals surface area contributed by atoms with E-state index >= 15 is 0 Å². The van der Waals surface area contributed by atoms with Crippen molar-refractivity contribution < 1.29 is 18.8 Å². The Morgan fingerprint density at radius 3 is 2.65 bits per heavy atom. The number of hydrogen-bond acceptors (Lipinski definition) is 7. The highest BCUT2D eigenvalue weighted by Crippen LogP contribution is 2.18. The molecule has 0 aliphatic rings. The fourth-order valence-corrected chi connectivity index (χ4v) is 2.84. The van der Waals surface area contributed by atoms with Crippen LogP contribution in [-0.2, 0) is 11.2 Å². The van der Waals surface area contributed by atoms with Crippen LogP contribution < -0.4 is 15.4 Å². The second kappa shape index (κ2) is 7.79. The van der Waals surface area contributed by atoms with Gasteiger partial charge in [-0.2, -0.15) is 0 Å². The average molecular weight is 372 g/mol. The second-order valence-electron chi connectivity index (χ2n) is 5.37. The lowest BCUT2D eigenvalue weighted by atomic mass is 10.2. The lowest BCUT2D eigenvalue weighted by Gasteiger charge is -2.03. The van der Waals surface area contributed by atoms with Crippen molar-refractivity contribution in [2.24, 2.45) is 0 Å². The van der Waals surface area contributed by atoms with Crippen LogP contribution in [0.1, 0.15) is 21.8 Å². The molecule has 1 aromatic carbocycles. The second-order valence-corrected chi connectivity index (χ2v) is 6.23. The topological polar surface area (TPSA) is 106 Å². The highest BCUT2D eigenvalue weighted by atomic mass is 32.1. The molecule has 0 saturated carbocycles. The van der Waals surface area contributed by atoms with E-state index in [1.165, 1.54) is 11.3 Å². The van der Waals surface area contributed by atoms with Gasteiger partial charge in [0.15, 0.2) is 10.9 Å². The van der Waals surface area contributed by atoms with Gasteiger partial charge in [-0.1, -0.05) is 5.16 Å². The van der Waals surface area contributed by atoms with Crippen LogP contribution in [0.25, 0.3) is 0 Å². The van der Waals surface area contributed by atoms with Crippen molar-refractivity contribution in [2.45, 2.75) is 13.3 Å². The first-order valence-corrected chi connectivity index (χ1v) is 8.54. The van der Waals surface area contributed by atoms with Crippen LogP contribution in [-0.4, -0.2) is 29.1 Å². The Labute approximate surface area is 153 Å². The monoisotopic (exact) mass is 372 g/mol. The van der Waals surface area contributed by atoms with Gasteiger partial charge in [0.05, 0.1) is 19.2 Å². The number of amides is 2. The van der Waals surface area contributed by atoms with Crippen molar-refractivity contribution in [1.82, 2.24) is 10.1 Å². The number of rotatable bonds is 6. The first-order valence-electron chi connectivity index (χ1n) is 7.66. The van der Waals surface area contributed by atoms with E-state index in [0.717, 1.165) is 0 Å². The molecule has 0 saturated heterocycles. The number of nitrogens with one attached hydrogen (secondary N) is 2. The van der Waals surface area contributed by atoms with Crippen LogP contribution in [0.5, 0.6) is 5.75 Å². The molecule has 26 heavy (non-hydrogen) atoms. The summed E-state index contributed by atoms with van der Waals surface area (Å²) in [4.78, 5) is 28.4. The molecular formula is C17H16N4O4S. The highest BCUT2D eigenvalue weighted by Gasteiger charge is 2.12. The summed E-state index contributed by atoms with van der Waals surface area (Å²) in [6, 6.07) is 8.36. The quantitative estimate of drug-likeness (QED) is 0.689. The van der Waals surface area contributed by atoms with Crippen molar-refractivity contribution in [3.8, 4) is 5.75 Å². The van der Waals surface area contributed by atoms with Crippen LogP contribution in [0.15, 0.2) is 40.2 Å². The van der Waals surface area contributed by atoms with Crippen molar-refractivity contribution >= 4 is 34.1 Å². The number of carbonyl (C=O) groups is 2. The molecule has 2 aromatic heterocycles. The summed E-state index contributed by atoms with van der Waals surface area (Å²) in [5.74, 6) is 1.09. The number of anilines is 2. The van der Waals surface area contributed by atoms with Gasteiger partial charge in [-0.3, -0.25) is 14.9 Å². The Balaban J connectivity index is 1.56. The number of hydrogen-bond donors (Lipinski definition) is 2. The number of aryl methyl sites for hydroxylation is 1. The summed E-state index contributed by atoms with van der Waals surface area (Å²) in [7, 11) is 1.56. The minimum atomic E-state index is -0.281. The van der Waals surface area contributed by atoms with Crippen molar-refractivity contribution in [1.29, 1.82) is 0 Å². The molecule has 0 bridgehead atoms. The van der Waals surface area contributed by atoms with E-state index in [0.29, 0.717) is 33.7 Å². The predicted molar refractivity (Wildman–Crippen MR) is 96.6 cm³/mol. The van der Waals surface area contributed by atoms with Gasteiger partial charge >= 0.3 is 0 Å². The van der Waals surface area contributed by atoms with Gasteiger partial charge in [-0.05, 0) is 31.2 Å². The maximum Gasteiger partial charge on any atom is 0.257 e. The number of benzene rings is 1. The minimum absolute atomic E-state index is 0.0703. The van der Waals surface area contributed by atoms with E-state index in [2.05, 4.69) is 20.8 Å². The summed E-state index contributed by atoms with van der Waals surface area (Å²) in [6.45, 7) is 1.74. The summed E-state index contributed by atoms with van der Waals surface area (Å²) >= 11 is 1.25. The molecule has 2 N–H and O–H groups in total. The zero-order chi connectivity index (χ0) is 18.5. The molecule has 134 valence electrons.